The molecule has 0 radical (unpaired) electrons. The molecule has 1 aliphatic carbocycles. The third-order valence-electron chi connectivity index (χ3n) is 2.92. The topological polar surface area (TPSA) is 55.1 Å². The van der Waals surface area contributed by atoms with Gasteiger partial charge in [-0.15, -0.1) is 0 Å². The maximum Gasteiger partial charge on any atom is 0.221 e. The van der Waals surface area contributed by atoms with E-state index in [1.807, 2.05) is 0 Å². The number of nitrogens with one attached hydrogen (secondary N) is 1. The highest BCUT2D eigenvalue weighted by Gasteiger charge is 2.18. The molecule has 1 saturated carbocycles. The average Bonchev–Trinajstić information content (AvgIpc) is 2.01. The zero-order valence-electron chi connectivity index (χ0n) is 9.09. The van der Waals surface area contributed by atoms with Gasteiger partial charge in [0, 0.05) is 19.0 Å². The first kappa shape index (κ1) is 11.5. The monoisotopic (exact) mass is 198 g/mol. The zero-order valence-corrected chi connectivity index (χ0v) is 9.09. The second kappa shape index (κ2) is 6.02. The molecular weight excluding hydrogens is 176 g/mol. The Hall–Kier alpha value is -0.570. The Kier molecular flexibility index (Phi) is 4.94. The van der Waals surface area contributed by atoms with Crippen LogP contribution in [0.2, 0.25) is 0 Å². The van der Waals surface area contributed by atoms with Gasteiger partial charge in [-0.05, 0) is 25.2 Å². The SMILES string of the molecule is CCCC(N)CC(=O)NCC1CCC1. The van der Waals surface area contributed by atoms with Crippen LogP contribution in [0.25, 0.3) is 0 Å². The molecule has 0 saturated heterocycles. The lowest BCUT2D eigenvalue weighted by Crippen LogP contribution is -2.35. The Balaban J connectivity index is 2.02. The van der Waals surface area contributed by atoms with Gasteiger partial charge < -0.3 is 11.1 Å². The summed E-state index contributed by atoms with van der Waals surface area (Å²) in [6.07, 6.45) is 6.37. The summed E-state index contributed by atoms with van der Waals surface area (Å²) in [5.41, 5.74) is 5.78. The van der Waals surface area contributed by atoms with E-state index in [1.165, 1.54) is 19.3 Å². The Bertz CT molecular complexity index is 178. The number of hydrogen-bond donors (Lipinski definition) is 2. The van der Waals surface area contributed by atoms with Crippen LogP contribution in [0.1, 0.15) is 45.4 Å². The van der Waals surface area contributed by atoms with Gasteiger partial charge in [-0.25, -0.2) is 0 Å². The van der Waals surface area contributed by atoms with Crippen LogP contribution in [0.15, 0.2) is 0 Å². The minimum absolute atomic E-state index is 0.0430. The minimum atomic E-state index is 0.0430. The fourth-order valence-corrected chi connectivity index (χ4v) is 1.74. The van der Waals surface area contributed by atoms with Crippen LogP contribution in [0.3, 0.4) is 0 Å². The van der Waals surface area contributed by atoms with Crippen molar-refractivity contribution in [2.45, 2.75) is 51.5 Å². The molecule has 0 bridgehead atoms. The first-order chi connectivity index (χ1) is 6.72. The number of amides is 1. The Morgan fingerprint density at radius 2 is 2.29 bits per heavy atom. The molecule has 3 N–H and O–H groups in total. The molecule has 0 aromatic carbocycles. The number of carbonyl (C=O) groups excluding carboxylic acids is 1. The first-order valence-corrected chi connectivity index (χ1v) is 5.74. The third-order valence-corrected chi connectivity index (χ3v) is 2.92. The summed E-state index contributed by atoms with van der Waals surface area (Å²) in [7, 11) is 0. The zero-order chi connectivity index (χ0) is 10.4. The molecule has 0 aliphatic heterocycles. The lowest BCUT2D eigenvalue weighted by molar-refractivity contribution is -0.121. The van der Waals surface area contributed by atoms with Crippen molar-refractivity contribution in [1.82, 2.24) is 5.32 Å². The van der Waals surface area contributed by atoms with E-state index in [4.69, 9.17) is 5.73 Å². The quantitative estimate of drug-likeness (QED) is 0.678. The van der Waals surface area contributed by atoms with Gasteiger partial charge in [0.05, 0.1) is 0 Å². The number of carbonyl (C=O) groups is 1. The number of hydrogen-bond acceptors (Lipinski definition) is 2. The van der Waals surface area contributed by atoms with Crippen LogP contribution >= 0.6 is 0 Å². The summed E-state index contributed by atoms with van der Waals surface area (Å²) in [6.45, 7) is 2.95. The molecule has 82 valence electrons. The van der Waals surface area contributed by atoms with E-state index in [9.17, 15) is 4.79 Å². The fraction of sp³-hybridized carbons (Fsp3) is 0.909. The minimum Gasteiger partial charge on any atom is -0.356 e. The smallest absolute Gasteiger partial charge is 0.221 e. The number of nitrogens with two attached hydrogens (primary N) is 1. The van der Waals surface area contributed by atoms with Gasteiger partial charge in [-0.2, -0.15) is 0 Å². The van der Waals surface area contributed by atoms with Gasteiger partial charge in [0.1, 0.15) is 0 Å². The fourth-order valence-electron chi connectivity index (χ4n) is 1.74. The van der Waals surface area contributed by atoms with Crippen LogP contribution in [-0.2, 0) is 4.79 Å². The molecule has 0 spiro atoms. The van der Waals surface area contributed by atoms with E-state index < -0.39 is 0 Å². The number of rotatable bonds is 6. The van der Waals surface area contributed by atoms with Crippen LogP contribution < -0.4 is 11.1 Å². The normalized spacial score (nSPS) is 18.7. The lowest BCUT2D eigenvalue weighted by Gasteiger charge is -2.25. The Labute approximate surface area is 86.4 Å². The van der Waals surface area contributed by atoms with Crippen molar-refractivity contribution in [2.24, 2.45) is 11.7 Å². The van der Waals surface area contributed by atoms with Gasteiger partial charge in [0.2, 0.25) is 5.91 Å². The van der Waals surface area contributed by atoms with Crippen molar-refractivity contribution < 1.29 is 4.79 Å². The summed E-state index contributed by atoms with van der Waals surface area (Å²) >= 11 is 0. The van der Waals surface area contributed by atoms with Crippen LogP contribution in [0, 0.1) is 5.92 Å². The molecule has 1 rings (SSSR count). The van der Waals surface area contributed by atoms with Gasteiger partial charge in [-0.3, -0.25) is 4.79 Å². The molecule has 1 aliphatic rings. The lowest BCUT2D eigenvalue weighted by atomic mass is 9.85. The van der Waals surface area contributed by atoms with E-state index in [0.717, 1.165) is 25.3 Å². The van der Waals surface area contributed by atoms with Crippen LogP contribution in [0.5, 0.6) is 0 Å². The highest BCUT2D eigenvalue weighted by molar-refractivity contribution is 5.76. The second-order valence-corrected chi connectivity index (χ2v) is 4.35. The van der Waals surface area contributed by atoms with E-state index in [1.54, 1.807) is 0 Å². The van der Waals surface area contributed by atoms with Crippen LogP contribution in [0.4, 0.5) is 0 Å². The van der Waals surface area contributed by atoms with Crippen molar-refractivity contribution in [3.63, 3.8) is 0 Å². The molecule has 1 unspecified atom stereocenters. The van der Waals surface area contributed by atoms with E-state index in [-0.39, 0.29) is 11.9 Å². The molecule has 1 fully saturated rings. The Morgan fingerprint density at radius 1 is 1.57 bits per heavy atom. The molecule has 1 atom stereocenters. The van der Waals surface area contributed by atoms with Gasteiger partial charge >= 0.3 is 0 Å². The summed E-state index contributed by atoms with van der Waals surface area (Å²) in [5.74, 6) is 0.860. The molecule has 3 nitrogen and oxygen atoms in total. The molecule has 14 heavy (non-hydrogen) atoms. The maximum absolute atomic E-state index is 11.4. The molecular formula is C11H22N2O. The molecule has 1 amide bonds. The highest BCUT2D eigenvalue weighted by atomic mass is 16.1. The van der Waals surface area contributed by atoms with Gasteiger partial charge in [-0.1, -0.05) is 19.8 Å². The van der Waals surface area contributed by atoms with Crippen LogP contribution in [-0.4, -0.2) is 18.5 Å². The van der Waals surface area contributed by atoms with Gasteiger partial charge in [0.15, 0.2) is 0 Å². The van der Waals surface area contributed by atoms with Crippen molar-refractivity contribution >= 4 is 5.91 Å². The largest absolute Gasteiger partial charge is 0.356 e. The van der Waals surface area contributed by atoms with E-state index >= 15 is 0 Å². The van der Waals surface area contributed by atoms with Crippen molar-refractivity contribution in [2.75, 3.05) is 6.54 Å². The van der Waals surface area contributed by atoms with Crippen molar-refractivity contribution in [3.05, 3.63) is 0 Å². The predicted molar refractivity (Wildman–Crippen MR) is 57.9 cm³/mol. The molecule has 0 heterocycles. The summed E-state index contributed by atoms with van der Waals surface area (Å²) in [6, 6.07) is 0.0430. The first-order valence-electron chi connectivity index (χ1n) is 5.74. The maximum atomic E-state index is 11.4. The van der Waals surface area contributed by atoms with E-state index in [0.29, 0.717) is 6.42 Å². The van der Waals surface area contributed by atoms with Gasteiger partial charge in [0.25, 0.3) is 0 Å². The second-order valence-electron chi connectivity index (χ2n) is 4.35. The predicted octanol–water partition coefficient (Wildman–Crippen LogP) is 1.42. The van der Waals surface area contributed by atoms with Crippen molar-refractivity contribution in [1.29, 1.82) is 0 Å². The average molecular weight is 198 g/mol. The summed E-state index contributed by atoms with van der Waals surface area (Å²) in [5, 5.41) is 2.95. The third kappa shape index (κ3) is 4.09. The highest BCUT2D eigenvalue weighted by Crippen LogP contribution is 2.25. The molecule has 3 heteroatoms. The van der Waals surface area contributed by atoms with Crippen molar-refractivity contribution in [3.8, 4) is 0 Å². The standard InChI is InChI=1S/C11H22N2O/c1-2-4-10(12)7-11(14)13-8-9-5-3-6-9/h9-10H,2-8,12H2,1H3,(H,13,14). The van der Waals surface area contributed by atoms with E-state index in [2.05, 4.69) is 12.2 Å². The summed E-state index contributed by atoms with van der Waals surface area (Å²) < 4.78 is 0. The molecule has 0 aromatic heterocycles. The summed E-state index contributed by atoms with van der Waals surface area (Å²) in [4.78, 5) is 11.4. The Morgan fingerprint density at radius 3 is 2.79 bits per heavy atom. The molecule has 0 aromatic rings.